The smallest absolute Gasteiger partial charge is 0.0623 e. The maximum Gasteiger partial charge on any atom is 0.0623 e. The van der Waals surface area contributed by atoms with Crippen molar-refractivity contribution >= 4 is 0 Å². The van der Waals surface area contributed by atoms with Crippen molar-refractivity contribution in [1.82, 2.24) is 15.1 Å². The first-order chi connectivity index (χ1) is 9.43. The average Bonchev–Trinajstić information content (AvgIpc) is 2.39. The number of piperazine rings is 1. The van der Waals surface area contributed by atoms with E-state index in [0.29, 0.717) is 12.1 Å². The molecule has 0 spiro atoms. The zero-order valence-electron chi connectivity index (χ0n) is 13.7. The van der Waals surface area contributed by atoms with Crippen molar-refractivity contribution in [2.75, 3.05) is 32.8 Å². The third-order valence-corrected chi connectivity index (χ3v) is 4.85. The molecule has 0 aromatic heterocycles. The van der Waals surface area contributed by atoms with Gasteiger partial charge in [-0.25, -0.2) is 0 Å². The summed E-state index contributed by atoms with van der Waals surface area (Å²) in [5.74, 6) is 0. The standard InChI is InChI=1S/C16H33N3O/c1-13(2)17-16(4,12-20)11-19-10-15-7-5-6-8-18(15)9-14(19)3/h13-15,17,20H,5-12H2,1-4H3. The fourth-order valence-corrected chi connectivity index (χ4v) is 3.92. The third kappa shape index (κ3) is 3.94. The van der Waals surface area contributed by atoms with Crippen LogP contribution < -0.4 is 5.32 Å². The molecule has 0 aromatic carbocycles. The Balaban J connectivity index is 1.97. The highest BCUT2D eigenvalue weighted by atomic mass is 16.3. The first kappa shape index (κ1) is 16.2. The molecule has 2 aliphatic rings. The van der Waals surface area contributed by atoms with Crippen molar-refractivity contribution in [2.24, 2.45) is 0 Å². The fourth-order valence-electron chi connectivity index (χ4n) is 3.92. The zero-order valence-corrected chi connectivity index (χ0v) is 13.7. The molecule has 4 heteroatoms. The van der Waals surface area contributed by atoms with Crippen LogP contribution in [0.3, 0.4) is 0 Å². The molecule has 20 heavy (non-hydrogen) atoms. The first-order valence-electron chi connectivity index (χ1n) is 8.30. The highest BCUT2D eigenvalue weighted by Gasteiger charge is 2.36. The highest BCUT2D eigenvalue weighted by Crippen LogP contribution is 2.25. The Morgan fingerprint density at radius 3 is 2.70 bits per heavy atom. The predicted molar refractivity (Wildman–Crippen MR) is 84.0 cm³/mol. The number of nitrogens with one attached hydrogen (secondary N) is 1. The Morgan fingerprint density at radius 1 is 1.30 bits per heavy atom. The Morgan fingerprint density at radius 2 is 2.05 bits per heavy atom. The van der Waals surface area contributed by atoms with Gasteiger partial charge in [-0.3, -0.25) is 9.80 Å². The molecule has 3 unspecified atom stereocenters. The van der Waals surface area contributed by atoms with Crippen molar-refractivity contribution in [3.05, 3.63) is 0 Å². The van der Waals surface area contributed by atoms with E-state index < -0.39 is 0 Å². The van der Waals surface area contributed by atoms with Crippen LogP contribution in [0, 0.1) is 0 Å². The Labute approximate surface area is 124 Å². The van der Waals surface area contributed by atoms with Gasteiger partial charge in [0, 0.05) is 37.8 Å². The average molecular weight is 283 g/mol. The van der Waals surface area contributed by atoms with Crippen molar-refractivity contribution in [2.45, 2.75) is 70.6 Å². The van der Waals surface area contributed by atoms with Crippen LogP contribution in [0.4, 0.5) is 0 Å². The third-order valence-electron chi connectivity index (χ3n) is 4.85. The second-order valence-electron chi connectivity index (χ2n) is 7.44. The van der Waals surface area contributed by atoms with Gasteiger partial charge in [0.1, 0.15) is 0 Å². The summed E-state index contributed by atoms with van der Waals surface area (Å²) in [6.07, 6.45) is 4.09. The van der Waals surface area contributed by atoms with Crippen LogP contribution in [0.1, 0.15) is 47.0 Å². The van der Waals surface area contributed by atoms with Gasteiger partial charge in [-0.1, -0.05) is 20.3 Å². The molecule has 2 N–H and O–H groups in total. The van der Waals surface area contributed by atoms with E-state index in [-0.39, 0.29) is 12.1 Å². The van der Waals surface area contributed by atoms with Gasteiger partial charge in [0.05, 0.1) is 12.1 Å². The number of hydrogen-bond acceptors (Lipinski definition) is 4. The summed E-state index contributed by atoms with van der Waals surface area (Å²) < 4.78 is 0. The van der Waals surface area contributed by atoms with Gasteiger partial charge >= 0.3 is 0 Å². The molecule has 118 valence electrons. The molecule has 0 radical (unpaired) electrons. The van der Waals surface area contributed by atoms with E-state index in [0.717, 1.165) is 19.1 Å². The molecule has 2 heterocycles. The lowest BCUT2D eigenvalue weighted by Gasteiger charge is -2.49. The minimum Gasteiger partial charge on any atom is -0.394 e. The Hall–Kier alpha value is -0.160. The van der Waals surface area contributed by atoms with Gasteiger partial charge in [-0.05, 0) is 33.2 Å². The summed E-state index contributed by atoms with van der Waals surface area (Å²) in [6, 6.07) is 1.73. The van der Waals surface area contributed by atoms with Gasteiger partial charge in [0.25, 0.3) is 0 Å². The molecule has 0 aliphatic carbocycles. The van der Waals surface area contributed by atoms with Gasteiger partial charge in [-0.2, -0.15) is 0 Å². The lowest BCUT2D eigenvalue weighted by atomic mass is 9.94. The van der Waals surface area contributed by atoms with Crippen LogP contribution >= 0.6 is 0 Å². The van der Waals surface area contributed by atoms with E-state index >= 15 is 0 Å². The molecule has 2 saturated heterocycles. The summed E-state index contributed by atoms with van der Waals surface area (Å²) >= 11 is 0. The number of aliphatic hydroxyl groups is 1. The van der Waals surface area contributed by atoms with Crippen LogP contribution in [-0.4, -0.2) is 71.4 Å². The van der Waals surface area contributed by atoms with E-state index in [1.54, 1.807) is 0 Å². The first-order valence-corrected chi connectivity index (χ1v) is 8.30. The Bertz CT molecular complexity index is 310. The zero-order chi connectivity index (χ0) is 14.8. The maximum absolute atomic E-state index is 9.78. The highest BCUT2D eigenvalue weighted by molar-refractivity contribution is 4.94. The molecule has 3 atom stereocenters. The predicted octanol–water partition coefficient (Wildman–Crippen LogP) is 1.29. The second-order valence-corrected chi connectivity index (χ2v) is 7.44. The lowest BCUT2D eigenvalue weighted by Crippen LogP contribution is -2.64. The molecular weight excluding hydrogens is 250 g/mol. The van der Waals surface area contributed by atoms with Crippen LogP contribution in [0.25, 0.3) is 0 Å². The Kier molecular flexibility index (Phi) is 5.46. The van der Waals surface area contributed by atoms with Gasteiger partial charge < -0.3 is 10.4 Å². The maximum atomic E-state index is 9.78. The van der Waals surface area contributed by atoms with Crippen molar-refractivity contribution in [3.8, 4) is 0 Å². The van der Waals surface area contributed by atoms with Crippen LogP contribution in [0.2, 0.25) is 0 Å². The molecule has 0 bridgehead atoms. The second kappa shape index (κ2) is 6.73. The summed E-state index contributed by atoms with van der Waals surface area (Å²) in [4.78, 5) is 5.26. The van der Waals surface area contributed by atoms with Crippen LogP contribution in [0.15, 0.2) is 0 Å². The minimum absolute atomic E-state index is 0.195. The monoisotopic (exact) mass is 283 g/mol. The number of hydrogen-bond donors (Lipinski definition) is 2. The molecular formula is C16H33N3O. The number of piperidine rings is 1. The van der Waals surface area contributed by atoms with Crippen molar-refractivity contribution < 1.29 is 5.11 Å². The number of fused-ring (bicyclic) bond motifs is 1. The summed E-state index contributed by atoms with van der Waals surface area (Å²) in [5, 5.41) is 13.3. The number of aliphatic hydroxyl groups excluding tert-OH is 1. The normalized spacial score (nSPS) is 32.1. The van der Waals surface area contributed by atoms with Gasteiger partial charge in [0.15, 0.2) is 0 Å². The van der Waals surface area contributed by atoms with E-state index in [1.165, 1.54) is 32.4 Å². The molecule has 2 fully saturated rings. The van der Waals surface area contributed by atoms with Gasteiger partial charge in [0.2, 0.25) is 0 Å². The molecule has 2 rings (SSSR count). The van der Waals surface area contributed by atoms with E-state index in [9.17, 15) is 5.11 Å². The van der Waals surface area contributed by atoms with Crippen molar-refractivity contribution in [1.29, 1.82) is 0 Å². The largest absolute Gasteiger partial charge is 0.394 e. The summed E-state index contributed by atoms with van der Waals surface area (Å²) in [7, 11) is 0. The molecule has 0 saturated carbocycles. The lowest BCUT2D eigenvalue weighted by molar-refractivity contribution is -0.00579. The fraction of sp³-hybridized carbons (Fsp3) is 1.00. The minimum atomic E-state index is -0.195. The molecule has 0 amide bonds. The molecule has 2 aliphatic heterocycles. The summed E-state index contributed by atoms with van der Waals surface area (Å²) in [6.45, 7) is 13.5. The van der Waals surface area contributed by atoms with E-state index in [2.05, 4.69) is 42.8 Å². The summed E-state index contributed by atoms with van der Waals surface area (Å²) in [5.41, 5.74) is -0.195. The van der Waals surface area contributed by atoms with E-state index in [1.807, 2.05) is 0 Å². The van der Waals surface area contributed by atoms with E-state index in [4.69, 9.17) is 0 Å². The SMILES string of the molecule is CC(C)NC(C)(CO)CN1CC2CCCCN2CC1C. The molecule has 4 nitrogen and oxygen atoms in total. The molecule has 0 aromatic rings. The van der Waals surface area contributed by atoms with Crippen LogP contribution in [0.5, 0.6) is 0 Å². The van der Waals surface area contributed by atoms with Gasteiger partial charge in [-0.15, -0.1) is 0 Å². The quantitative estimate of drug-likeness (QED) is 0.797. The number of nitrogens with zero attached hydrogens (tertiary/aromatic N) is 2. The number of rotatable bonds is 5. The van der Waals surface area contributed by atoms with Crippen molar-refractivity contribution in [3.63, 3.8) is 0 Å². The van der Waals surface area contributed by atoms with Crippen LogP contribution in [-0.2, 0) is 0 Å². The topological polar surface area (TPSA) is 38.7 Å².